The van der Waals surface area contributed by atoms with Crippen LogP contribution in [0.1, 0.15) is 39.8 Å². The molecule has 2 N–H and O–H groups in total. The van der Waals surface area contributed by atoms with E-state index in [2.05, 4.69) is 14.8 Å². The second kappa shape index (κ2) is 8.84. The number of H-pyrrole nitrogens is 1. The molecule has 1 unspecified atom stereocenters. The number of Topliss-reactive ketones (excluding diaryl/α,β-unsaturated/α-hetero) is 2. The van der Waals surface area contributed by atoms with Crippen LogP contribution in [0.3, 0.4) is 0 Å². The van der Waals surface area contributed by atoms with E-state index in [0.717, 1.165) is 23.9 Å². The standard InChI is InChI=1S/C18H23N5O8/c1-5-10(24)13-14(23-8-7-12(26)20-16(23)28)31-18(21-22-19,9(3)15(27)30-4)17(13,29)11(25)6-2/h7-9,13-14,29H,5-6H2,1-4H3,(H,20,26,28)/t9?,13-,14+,17-,18+/m0/s1. The highest BCUT2D eigenvalue weighted by Crippen LogP contribution is 2.54. The second-order valence-corrected chi connectivity index (χ2v) is 7.00. The number of ether oxygens (including phenoxy) is 2. The molecule has 1 aromatic heterocycles. The zero-order chi connectivity index (χ0) is 23.6. The lowest BCUT2D eigenvalue weighted by molar-refractivity contribution is -0.192. The van der Waals surface area contributed by atoms with Gasteiger partial charge >= 0.3 is 11.7 Å². The summed E-state index contributed by atoms with van der Waals surface area (Å²) in [5.74, 6) is -5.91. The largest absolute Gasteiger partial charge is 0.469 e. The van der Waals surface area contributed by atoms with Gasteiger partial charge in [0.2, 0.25) is 0 Å². The Bertz CT molecular complexity index is 1060. The number of azide groups is 1. The highest BCUT2D eigenvalue weighted by atomic mass is 16.6. The van der Waals surface area contributed by atoms with Crippen LogP contribution < -0.4 is 11.2 Å². The van der Waals surface area contributed by atoms with Crippen LogP contribution in [0, 0.1) is 11.8 Å². The van der Waals surface area contributed by atoms with Gasteiger partial charge in [-0.3, -0.25) is 28.7 Å². The van der Waals surface area contributed by atoms with Gasteiger partial charge in [0.15, 0.2) is 23.3 Å². The Morgan fingerprint density at radius 2 is 2.03 bits per heavy atom. The number of esters is 1. The third-order valence-electron chi connectivity index (χ3n) is 5.48. The number of hydrogen-bond acceptors (Lipinski definition) is 9. The summed E-state index contributed by atoms with van der Waals surface area (Å²) in [7, 11) is 1.04. The van der Waals surface area contributed by atoms with E-state index in [-0.39, 0.29) is 12.8 Å². The molecule has 0 radical (unpaired) electrons. The van der Waals surface area contributed by atoms with Gasteiger partial charge in [-0.05, 0) is 12.5 Å². The summed E-state index contributed by atoms with van der Waals surface area (Å²) in [5.41, 5.74) is 2.06. The van der Waals surface area contributed by atoms with Gasteiger partial charge in [0.1, 0.15) is 11.7 Å². The Hall–Kier alpha value is -3.28. The molecule has 13 nitrogen and oxygen atoms in total. The normalized spacial score (nSPS) is 28.4. The minimum absolute atomic E-state index is 0.180. The van der Waals surface area contributed by atoms with Crippen molar-refractivity contribution in [3.63, 3.8) is 0 Å². The van der Waals surface area contributed by atoms with Gasteiger partial charge in [0, 0.05) is 30.0 Å². The maximum atomic E-state index is 13.0. The van der Waals surface area contributed by atoms with Gasteiger partial charge in [0.05, 0.1) is 13.0 Å². The fourth-order valence-electron chi connectivity index (χ4n) is 3.89. The Morgan fingerprint density at radius 1 is 1.39 bits per heavy atom. The van der Waals surface area contributed by atoms with Crippen molar-refractivity contribution in [2.24, 2.45) is 17.0 Å². The lowest BCUT2D eigenvalue weighted by atomic mass is 9.70. The van der Waals surface area contributed by atoms with E-state index in [9.17, 15) is 34.6 Å². The molecule has 0 saturated carbocycles. The quantitative estimate of drug-likeness (QED) is 0.249. The van der Waals surface area contributed by atoms with Gasteiger partial charge in [-0.1, -0.05) is 19.0 Å². The van der Waals surface area contributed by atoms with Crippen LogP contribution in [0.5, 0.6) is 0 Å². The van der Waals surface area contributed by atoms with Gasteiger partial charge < -0.3 is 14.6 Å². The van der Waals surface area contributed by atoms with Crippen molar-refractivity contribution in [3.8, 4) is 0 Å². The summed E-state index contributed by atoms with van der Waals surface area (Å²) >= 11 is 0. The number of ketones is 2. The summed E-state index contributed by atoms with van der Waals surface area (Å²) in [5, 5.41) is 15.2. The van der Waals surface area contributed by atoms with Gasteiger partial charge in [-0.25, -0.2) is 4.79 Å². The monoisotopic (exact) mass is 437 g/mol. The van der Waals surface area contributed by atoms with E-state index in [4.69, 9.17) is 4.74 Å². The molecule has 0 aromatic carbocycles. The number of rotatable bonds is 8. The molecular weight excluding hydrogens is 414 g/mol. The summed E-state index contributed by atoms with van der Waals surface area (Å²) in [6, 6.07) is 0.968. The molecule has 1 saturated heterocycles. The Balaban J connectivity index is 2.95. The minimum Gasteiger partial charge on any atom is -0.469 e. The highest BCUT2D eigenvalue weighted by molar-refractivity contribution is 5.97. The first kappa shape index (κ1) is 24.0. The summed E-state index contributed by atoms with van der Waals surface area (Å²) in [6.07, 6.45) is -1.15. The fourth-order valence-corrected chi connectivity index (χ4v) is 3.89. The smallest absolute Gasteiger partial charge is 0.330 e. The van der Waals surface area contributed by atoms with E-state index in [1.807, 2.05) is 4.98 Å². The first-order valence-corrected chi connectivity index (χ1v) is 9.47. The molecule has 31 heavy (non-hydrogen) atoms. The van der Waals surface area contributed by atoms with E-state index < -0.39 is 58.2 Å². The molecule has 2 heterocycles. The fraction of sp³-hybridized carbons (Fsp3) is 0.611. The number of nitrogens with zero attached hydrogens (tertiary/aromatic N) is 4. The van der Waals surface area contributed by atoms with Crippen LogP contribution in [-0.4, -0.2) is 50.6 Å². The van der Waals surface area contributed by atoms with Crippen LogP contribution in [0.15, 0.2) is 27.0 Å². The van der Waals surface area contributed by atoms with Crippen molar-refractivity contribution in [1.82, 2.24) is 9.55 Å². The molecular formula is C18H23N5O8. The number of carbonyl (C=O) groups is 3. The molecule has 2 rings (SSSR count). The molecule has 1 fully saturated rings. The molecule has 168 valence electrons. The van der Waals surface area contributed by atoms with Gasteiger partial charge in [-0.2, -0.15) is 0 Å². The third kappa shape index (κ3) is 3.56. The van der Waals surface area contributed by atoms with Crippen LogP contribution >= 0.6 is 0 Å². The average molecular weight is 437 g/mol. The number of carbonyl (C=O) groups excluding carboxylic acids is 3. The van der Waals surface area contributed by atoms with Crippen molar-refractivity contribution < 1.29 is 29.0 Å². The molecule has 0 amide bonds. The maximum Gasteiger partial charge on any atom is 0.330 e. The van der Waals surface area contributed by atoms with Crippen molar-refractivity contribution in [1.29, 1.82) is 0 Å². The number of aromatic amines is 1. The average Bonchev–Trinajstić information content (AvgIpc) is 3.01. The van der Waals surface area contributed by atoms with E-state index in [1.165, 1.54) is 20.8 Å². The summed E-state index contributed by atoms with van der Waals surface area (Å²) in [6.45, 7) is 4.06. The van der Waals surface area contributed by atoms with E-state index >= 15 is 0 Å². The first-order chi connectivity index (χ1) is 14.5. The highest BCUT2D eigenvalue weighted by Gasteiger charge is 2.73. The Morgan fingerprint density at radius 3 is 2.52 bits per heavy atom. The molecule has 1 aromatic rings. The van der Waals surface area contributed by atoms with Crippen LogP contribution in [0.4, 0.5) is 0 Å². The third-order valence-corrected chi connectivity index (χ3v) is 5.48. The van der Waals surface area contributed by atoms with Crippen molar-refractivity contribution in [2.75, 3.05) is 7.11 Å². The number of aromatic nitrogens is 2. The number of nitrogens with one attached hydrogen (secondary N) is 1. The van der Waals surface area contributed by atoms with E-state index in [1.54, 1.807) is 0 Å². The predicted octanol–water partition coefficient (Wildman–Crippen LogP) is 0.187. The van der Waals surface area contributed by atoms with Crippen molar-refractivity contribution in [3.05, 3.63) is 43.5 Å². The lowest BCUT2D eigenvalue weighted by Crippen LogP contribution is -2.64. The molecule has 1 aliphatic heterocycles. The Kier molecular flexibility index (Phi) is 6.84. The van der Waals surface area contributed by atoms with Crippen LogP contribution in [-0.2, 0) is 23.9 Å². The van der Waals surface area contributed by atoms with Crippen LogP contribution in [0.2, 0.25) is 0 Å². The molecule has 5 atom stereocenters. The SMILES string of the molecule is CCC(=O)[C@H]1[C@H](n2ccc(=O)[nH]c2=O)O[C@](N=[N+]=[N-])(C(C)C(=O)OC)[C@]1(O)C(=O)CC. The predicted molar refractivity (Wildman–Crippen MR) is 104 cm³/mol. The summed E-state index contributed by atoms with van der Waals surface area (Å²) < 4.78 is 11.2. The van der Waals surface area contributed by atoms with Gasteiger partial charge in [0.25, 0.3) is 5.56 Å². The van der Waals surface area contributed by atoms with Crippen molar-refractivity contribution >= 4 is 17.5 Å². The minimum atomic E-state index is -2.81. The van der Waals surface area contributed by atoms with Crippen LogP contribution in [0.25, 0.3) is 10.4 Å². The van der Waals surface area contributed by atoms with Crippen molar-refractivity contribution in [2.45, 2.75) is 51.2 Å². The number of hydrogen-bond donors (Lipinski definition) is 2. The topological polar surface area (TPSA) is 194 Å². The zero-order valence-electron chi connectivity index (χ0n) is 17.4. The molecule has 0 aliphatic carbocycles. The molecule has 0 bridgehead atoms. The first-order valence-electron chi connectivity index (χ1n) is 9.47. The number of methoxy groups -OCH3 is 1. The second-order valence-electron chi connectivity index (χ2n) is 7.00. The summed E-state index contributed by atoms with van der Waals surface area (Å²) in [4.78, 5) is 66.8. The zero-order valence-corrected chi connectivity index (χ0v) is 17.4. The van der Waals surface area contributed by atoms with E-state index in [0.29, 0.717) is 0 Å². The Labute approximate surface area is 175 Å². The molecule has 0 spiro atoms. The maximum absolute atomic E-state index is 13.0. The lowest BCUT2D eigenvalue weighted by Gasteiger charge is -2.40. The molecule has 1 aliphatic rings. The molecule has 13 heteroatoms. The van der Waals surface area contributed by atoms with Gasteiger partial charge in [-0.15, -0.1) is 0 Å². The number of aliphatic hydroxyl groups is 1.